The van der Waals surface area contributed by atoms with Crippen molar-refractivity contribution in [3.8, 4) is 0 Å². The zero-order valence-electron chi connectivity index (χ0n) is 9.69. The Hall–Kier alpha value is -0.580. The van der Waals surface area contributed by atoms with E-state index in [2.05, 4.69) is 0 Å². The lowest BCUT2D eigenvalue weighted by atomic mass is 10.3. The number of carbonyl (C=O) groups is 1. The Morgan fingerprint density at radius 2 is 2.06 bits per heavy atom. The number of rotatable bonds is 4. The van der Waals surface area contributed by atoms with E-state index in [1.54, 1.807) is 18.2 Å². The van der Waals surface area contributed by atoms with Crippen molar-refractivity contribution < 1.29 is 13.7 Å². The molecule has 0 bridgehead atoms. The Balaban J connectivity index is 2.27. The van der Waals surface area contributed by atoms with Gasteiger partial charge in [-0.05, 0) is 37.0 Å². The molecule has 0 aromatic heterocycles. The van der Waals surface area contributed by atoms with Gasteiger partial charge in [0.15, 0.2) is 0 Å². The summed E-state index contributed by atoms with van der Waals surface area (Å²) in [7, 11) is -0.146. The number of esters is 1. The molecule has 0 amide bonds. The Morgan fingerprint density at radius 3 is 2.56 bits per heavy atom. The van der Waals surface area contributed by atoms with Gasteiger partial charge in [-0.25, -0.2) is 0 Å². The van der Waals surface area contributed by atoms with E-state index in [0.717, 1.165) is 12.8 Å². The minimum Gasteiger partial charge on any atom is -0.468 e. The van der Waals surface area contributed by atoms with Crippen molar-refractivity contribution in [3.05, 3.63) is 28.2 Å². The second kappa shape index (κ2) is 5.59. The molecule has 0 saturated heterocycles. The van der Waals surface area contributed by atoms with Crippen LogP contribution in [-0.2, 0) is 20.3 Å². The predicted octanol–water partition coefficient (Wildman–Crippen LogP) is 3.05. The van der Waals surface area contributed by atoms with Crippen molar-refractivity contribution in [1.29, 1.82) is 0 Å². The van der Waals surface area contributed by atoms with E-state index < -0.39 is 22.0 Å². The smallest absolute Gasteiger partial charge is 0.322 e. The molecule has 0 N–H and O–H groups in total. The molecule has 1 aliphatic carbocycles. The topological polar surface area (TPSA) is 43.4 Å². The molecule has 2 atom stereocenters. The number of carbonyl (C=O) groups excluding carboxylic acids is 1. The van der Waals surface area contributed by atoms with E-state index in [-0.39, 0.29) is 5.92 Å². The molecule has 98 valence electrons. The second-order valence-electron chi connectivity index (χ2n) is 4.15. The van der Waals surface area contributed by atoms with Crippen LogP contribution in [0.1, 0.15) is 12.8 Å². The van der Waals surface area contributed by atoms with Crippen LogP contribution in [0.4, 0.5) is 0 Å². The summed E-state index contributed by atoms with van der Waals surface area (Å²) >= 11 is 11.7. The third-order valence-electron chi connectivity index (χ3n) is 2.84. The zero-order chi connectivity index (χ0) is 13.3. The van der Waals surface area contributed by atoms with Crippen molar-refractivity contribution >= 4 is 40.0 Å². The molecule has 2 rings (SSSR count). The maximum Gasteiger partial charge on any atom is 0.322 e. The highest BCUT2D eigenvalue weighted by Gasteiger charge is 2.41. The summed E-state index contributed by atoms with van der Waals surface area (Å²) in [4.78, 5) is 12.2. The molecule has 1 fully saturated rings. The monoisotopic (exact) mass is 306 g/mol. The number of methoxy groups -OCH3 is 1. The van der Waals surface area contributed by atoms with Crippen LogP contribution in [0.25, 0.3) is 0 Å². The van der Waals surface area contributed by atoms with E-state index in [1.165, 1.54) is 7.11 Å². The predicted molar refractivity (Wildman–Crippen MR) is 71.4 cm³/mol. The van der Waals surface area contributed by atoms with Gasteiger partial charge in [-0.15, -0.1) is 0 Å². The maximum absolute atomic E-state index is 12.4. The summed E-state index contributed by atoms with van der Waals surface area (Å²) in [6.07, 6.45) is 1.82. The average Bonchev–Trinajstić information content (AvgIpc) is 3.17. The molecule has 0 radical (unpaired) electrons. The van der Waals surface area contributed by atoms with Gasteiger partial charge < -0.3 is 4.74 Å². The molecule has 1 aliphatic rings. The van der Waals surface area contributed by atoms with Crippen LogP contribution >= 0.6 is 23.2 Å². The molecule has 6 heteroatoms. The van der Waals surface area contributed by atoms with Crippen LogP contribution in [0.3, 0.4) is 0 Å². The molecule has 0 aliphatic heterocycles. The fourth-order valence-corrected chi connectivity index (χ4v) is 3.70. The van der Waals surface area contributed by atoms with E-state index in [1.807, 2.05) is 0 Å². The summed E-state index contributed by atoms with van der Waals surface area (Å²) in [5.74, 6) is -0.283. The first-order valence-corrected chi connectivity index (χ1v) is 7.45. The van der Waals surface area contributed by atoms with E-state index in [4.69, 9.17) is 27.9 Å². The third-order valence-corrected chi connectivity index (χ3v) is 5.33. The third kappa shape index (κ3) is 2.87. The fourth-order valence-electron chi connectivity index (χ4n) is 1.72. The second-order valence-corrected chi connectivity index (χ2v) is 6.54. The van der Waals surface area contributed by atoms with Crippen molar-refractivity contribution in [2.75, 3.05) is 7.11 Å². The van der Waals surface area contributed by atoms with Crippen molar-refractivity contribution in [2.24, 2.45) is 5.92 Å². The van der Waals surface area contributed by atoms with E-state index in [9.17, 15) is 9.00 Å². The Morgan fingerprint density at radius 1 is 1.39 bits per heavy atom. The highest BCUT2D eigenvalue weighted by atomic mass is 35.5. The lowest BCUT2D eigenvalue weighted by Gasteiger charge is -2.13. The standard InChI is InChI=1S/C12H12Cl2O3S/c1-17-12(15)11(7-2-3-7)18(16)8-4-5-9(13)10(14)6-8/h4-7,11H,2-3H2,1H3. The molecule has 3 nitrogen and oxygen atoms in total. The number of ether oxygens (including phenoxy) is 1. The van der Waals surface area contributed by atoms with Gasteiger partial charge in [-0.1, -0.05) is 23.2 Å². The maximum atomic E-state index is 12.4. The Kier molecular flexibility index (Phi) is 4.30. The highest BCUT2D eigenvalue weighted by molar-refractivity contribution is 7.86. The zero-order valence-corrected chi connectivity index (χ0v) is 12.0. The number of benzene rings is 1. The summed E-state index contributed by atoms with van der Waals surface area (Å²) in [6.45, 7) is 0. The molecular weight excluding hydrogens is 295 g/mol. The first-order chi connectivity index (χ1) is 8.54. The molecule has 18 heavy (non-hydrogen) atoms. The van der Waals surface area contributed by atoms with Crippen LogP contribution in [-0.4, -0.2) is 22.5 Å². The van der Waals surface area contributed by atoms with Crippen molar-refractivity contribution in [3.63, 3.8) is 0 Å². The van der Waals surface area contributed by atoms with E-state index >= 15 is 0 Å². The Bertz CT molecular complexity index is 500. The van der Waals surface area contributed by atoms with Gasteiger partial charge >= 0.3 is 5.97 Å². The van der Waals surface area contributed by atoms with Crippen LogP contribution in [0.2, 0.25) is 10.0 Å². The van der Waals surface area contributed by atoms with Crippen molar-refractivity contribution in [2.45, 2.75) is 23.0 Å². The lowest BCUT2D eigenvalue weighted by Crippen LogP contribution is -2.29. The first-order valence-electron chi connectivity index (χ1n) is 5.48. The number of hydrogen-bond donors (Lipinski definition) is 0. The Labute approximate surface area is 118 Å². The van der Waals surface area contributed by atoms with Gasteiger partial charge in [0.05, 0.1) is 28.0 Å². The van der Waals surface area contributed by atoms with Gasteiger partial charge in [-0.3, -0.25) is 9.00 Å². The van der Waals surface area contributed by atoms with Crippen LogP contribution < -0.4 is 0 Å². The average molecular weight is 307 g/mol. The number of halogens is 2. The van der Waals surface area contributed by atoms with Gasteiger partial charge in [0.1, 0.15) is 5.25 Å². The molecule has 1 saturated carbocycles. The summed E-state index contributed by atoms with van der Waals surface area (Å²) in [6, 6.07) is 4.75. The molecule has 2 unspecified atom stereocenters. The van der Waals surface area contributed by atoms with Crippen molar-refractivity contribution in [1.82, 2.24) is 0 Å². The first kappa shape index (κ1) is 13.8. The summed E-state index contributed by atoms with van der Waals surface area (Å²) < 4.78 is 17.1. The quantitative estimate of drug-likeness (QED) is 0.803. The fraction of sp³-hybridized carbons (Fsp3) is 0.417. The largest absolute Gasteiger partial charge is 0.468 e. The van der Waals surface area contributed by atoms with E-state index in [0.29, 0.717) is 14.9 Å². The molecule has 0 spiro atoms. The molecule has 0 heterocycles. The minimum atomic E-state index is -1.45. The summed E-state index contributed by atoms with van der Waals surface area (Å²) in [5, 5.41) is 0.132. The molecule has 1 aromatic rings. The van der Waals surface area contributed by atoms with Gasteiger partial charge in [0, 0.05) is 4.90 Å². The van der Waals surface area contributed by atoms with Gasteiger partial charge in [-0.2, -0.15) is 0 Å². The minimum absolute atomic E-state index is 0.146. The number of hydrogen-bond acceptors (Lipinski definition) is 3. The molecular formula is C12H12Cl2O3S. The van der Waals surface area contributed by atoms with Gasteiger partial charge in [0.25, 0.3) is 0 Å². The normalized spacial score (nSPS) is 18.2. The van der Waals surface area contributed by atoms with Crippen LogP contribution in [0, 0.1) is 5.92 Å². The van der Waals surface area contributed by atoms with Crippen LogP contribution in [0.5, 0.6) is 0 Å². The summed E-state index contributed by atoms with van der Waals surface area (Å²) in [5.41, 5.74) is 0. The molecule has 1 aromatic carbocycles. The SMILES string of the molecule is COC(=O)C(C1CC1)S(=O)c1ccc(Cl)c(Cl)c1. The van der Waals surface area contributed by atoms with Crippen LogP contribution in [0.15, 0.2) is 23.1 Å². The lowest BCUT2D eigenvalue weighted by molar-refractivity contribution is -0.140. The highest BCUT2D eigenvalue weighted by Crippen LogP contribution is 2.38. The van der Waals surface area contributed by atoms with Gasteiger partial charge in [0.2, 0.25) is 0 Å².